The first-order valence-corrected chi connectivity index (χ1v) is 6.03. The Hall–Kier alpha value is -0.870. The van der Waals surface area contributed by atoms with Crippen molar-refractivity contribution >= 4 is 16.5 Å². The van der Waals surface area contributed by atoms with Crippen LogP contribution in [-0.2, 0) is 15.5 Å². The van der Waals surface area contributed by atoms with Crippen molar-refractivity contribution in [1.82, 2.24) is 0 Å². The smallest absolute Gasteiger partial charge is 0.0623 e. The predicted octanol–water partition coefficient (Wildman–Crippen LogP) is 1.72. The summed E-state index contributed by atoms with van der Waals surface area (Å²) >= 11 is 0. The first-order valence-electron chi connectivity index (χ1n) is 4.82. The second-order valence-electron chi connectivity index (χ2n) is 3.55. The summed E-state index contributed by atoms with van der Waals surface area (Å²) in [5.74, 6) is 0. The number of para-hydroxylation sites is 1. The van der Waals surface area contributed by atoms with Gasteiger partial charge in [0.25, 0.3) is 0 Å². The van der Waals surface area contributed by atoms with Crippen molar-refractivity contribution in [2.24, 2.45) is 0 Å². The van der Waals surface area contributed by atoms with E-state index in [4.69, 9.17) is 10.5 Å². The van der Waals surface area contributed by atoms with Gasteiger partial charge in [-0.3, -0.25) is 4.21 Å². The van der Waals surface area contributed by atoms with E-state index >= 15 is 0 Å². The molecule has 0 aliphatic carbocycles. The number of nitrogen functional groups attached to an aromatic ring is 1. The predicted molar refractivity (Wildman–Crippen MR) is 63.3 cm³/mol. The van der Waals surface area contributed by atoms with E-state index in [1.807, 2.05) is 32.0 Å². The Labute approximate surface area is 93.1 Å². The van der Waals surface area contributed by atoms with E-state index in [9.17, 15) is 4.21 Å². The SMILES string of the molecule is COCC(C)S(=O)c1cccc(C)c1N. The Balaban J connectivity index is 2.96. The summed E-state index contributed by atoms with van der Waals surface area (Å²) in [6.45, 7) is 4.28. The van der Waals surface area contributed by atoms with E-state index in [1.54, 1.807) is 7.11 Å². The van der Waals surface area contributed by atoms with Gasteiger partial charge in [-0.05, 0) is 25.5 Å². The summed E-state index contributed by atoms with van der Waals surface area (Å²) in [5, 5.41) is -0.0425. The Morgan fingerprint density at radius 3 is 2.80 bits per heavy atom. The van der Waals surface area contributed by atoms with Crippen LogP contribution >= 0.6 is 0 Å². The van der Waals surface area contributed by atoms with Gasteiger partial charge in [0, 0.05) is 7.11 Å². The van der Waals surface area contributed by atoms with Crippen LogP contribution in [0.15, 0.2) is 23.1 Å². The third-order valence-corrected chi connectivity index (χ3v) is 3.92. The number of anilines is 1. The molecule has 0 aliphatic heterocycles. The molecule has 0 bridgehead atoms. The molecule has 2 N–H and O–H groups in total. The Morgan fingerprint density at radius 1 is 1.53 bits per heavy atom. The number of methoxy groups -OCH3 is 1. The highest BCUT2D eigenvalue weighted by Gasteiger charge is 2.16. The van der Waals surface area contributed by atoms with Gasteiger partial charge in [0.15, 0.2) is 0 Å². The molecule has 2 unspecified atom stereocenters. The first-order chi connectivity index (χ1) is 7.07. The highest BCUT2D eigenvalue weighted by atomic mass is 32.2. The van der Waals surface area contributed by atoms with Gasteiger partial charge in [-0.15, -0.1) is 0 Å². The van der Waals surface area contributed by atoms with Crippen LogP contribution in [0, 0.1) is 6.92 Å². The minimum absolute atomic E-state index is 0.0425. The van der Waals surface area contributed by atoms with Crippen LogP contribution in [0.2, 0.25) is 0 Å². The Bertz CT molecular complexity index is 366. The number of ether oxygens (including phenoxy) is 1. The molecule has 0 saturated heterocycles. The first kappa shape index (κ1) is 12.2. The summed E-state index contributed by atoms with van der Waals surface area (Å²) in [6.07, 6.45) is 0. The molecular formula is C11H17NO2S. The quantitative estimate of drug-likeness (QED) is 0.797. The zero-order valence-corrected chi connectivity index (χ0v) is 10.1. The van der Waals surface area contributed by atoms with Gasteiger partial charge in [0.05, 0.1) is 33.2 Å². The van der Waals surface area contributed by atoms with Gasteiger partial charge in [-0.1, -0.05) is 12.1 Å². The Morgan fingerprint density at radius 2 is 2.20 bits per heavy atom. The average Bonchev–Trinajstić information content (AvgIpc) is 2.21. The molecule has 3 nitrogen and oxygen atoms in total. The fourth-order valence-corrected chi connectivity index (χ4v) is 2.63. The lowest BCUT2D eigenvalue weighted by Crippen LogP contribution is -2.18. The van der Waals surface area contributed by atoms with Crippen molar-refractivity contribution in [3.05, 3.63) is 23.8 Å². The van der Waals surface area contributed by atoms with E-state index in [1.165, 1.54) is 0 Å². The van der Waals surface area contributed by atoms with Crippen LogP contribution in [0.4, 0.5) is 5.69 Å². The van der Waals surface area contributed by atoms with Crippen molar-refractivity contribution in [2.45, 2.75) is 24.0 Å². The molecule has 1 aromatic carbocycles. The zero-order valence-electron chi connectivity index (χ0n) is 9.32. The lowest BCUT2D eigenvalue weighted by atomic mass is 10.2. The van der Waals surface area contributed by atoms with Crippen molar-refractivity contribution in [1.29, 1.82) is 0 Å². The molecule has 2 atom stereocenters. The topological polar surface area (TPSA) is 52.3 Å². The lowest BCUT2D eigenvalue weighted by Gasteiger charge is -2.13. The monoisotopic (exact) mass is 227 g/mol. The summed E-state index contributed by atoms with van der Waals surface area (Å²) in [6, 6.07) is 5.60. The molecule has 4 heteroatoms. The fourth-order valence-electron chi connectivity index (χ4n) is 1.34. The molecule has 0 aromatic heterocycles. The molecule has 0 radical (unpaired) electrons. The van der Waals surface area contributed by atoms with Crippen LogP contribution in [0.5, 0.6) is 0 Å². The molecule has 0 amide bonds. The van der Waals surface area contributed by atoms with E-state index in [0.29, 0.717) is 17.2 Å². The summed E-state index contributed by atoms with van der Waals surface area (Å²) in [7, 11) is 0.505. The number of rotatable bonds is 4. The van der Waals surface area contributed by atoms with Crippen molar-refractivity contribution < 1.29 is 8.95 Å². The molecule has 0 spiro atoms. The number of benzene rings is 1. The lowest BCUT2D eigenvalue weighted by molar-refractivity contribution is 0.202. The van der Waals surface area contributed by atoms with E-state index in [0.717, 1.165) is 5.56 Å². The van der Waals surface area contributed by atoms with E-state index < -0.39 is 10.8 Å². The molecule has 0 saturated carbocycles. The fraction of sp³-hybridized carbons (Fsp3) is 0.455. The molecule has 1 aromatic rings. The average molecular weight is 227 g/mol. The number of aryl methyl sites for hydroxylation is 1. The number of nitrogens with two attached hydrogens (primary N) is 1. The van der Waals surface area contributed by atoms with Gasteiger partial charge in [0.1, 0.15) is 0 Å². The Kier molecular flexibility index (Phi) is 4.29. The van der Waals surface area contributed by atoms with Gasteiger partial charge in [-0.2, -0.15) is 0 Å². The summed E-state index contributed by atoms with van der Waals surface area (Å²) < 4.78 is 17.0. The zero-order chi connectivity index (χ0) is 11.4. The molecule has 0 aliphatic rings. The summed E-state index contributed by atoms with van der Waals surface area (Å²) in [4.78, 5) is 0.708. The highest BCUT2D eigenvalue weighted by Crippen LogP contribution is 2.22. The normalized spacial score (nSPS) is 14.9. The summed E-state index contributed by atoms with van der Waals surface area (Å²) in [5.41, 5.74) is 7.47. The molecule has 84 valence electrons. The molecule has 1 rings (SSSR count). The third kappa shape index (κ3) is 2.79. The minimum Gasteiger partial charge on any atom is -0.398 e. The van der Waals surface area contributed by atoms with Crippen LogP contribution in [0.1, 0.15) is 12.5 Å². The molecule has 0 heterocycles. The number of hydrogen-bond donors (Lipinski definition) is 1. The van der Waals surface area contributed by atoms with Crippen LogP contribution in [0.3, 0.4) is 0 Å². The molecular weight excluding hydrogens is 210 g/mol. The van der Waals surface area contributed by atoms with E-state index in [-0.39, 0.29) is 5.25 Å². The number of hydrogen-bond acceptors (Lipinski definition) is 3. The third-order valence-electron chi connectivity index (χ3n) is 2.27. The van der Waals surface area contributed by atoms with Crippen molar-refractivity contribution in [3.63, 3.8) is 0 Å². The van der Waals surface area contributed by atoms with Crippen LogP contribution in [-0.4, -0.2) is 23.2 Å². The maximum atomic E-state index is 12.1. The highest BCUT2D eigenvalue weighted by molar-refractivity contribution is 7.85. The van der Waals surface area contributed by atoms with E-state index in [2.05, 4.69) is 0 Å². The maximum Gasteiger partial charge on any atom is 0.0623 e. The minimum atomic E-state index is -1.10. The molecule has 15 heavy (non-hydrogen) atoms. The maximum absolute atomic E-state index is 12.1. The van der Waals surface area contributed by atoms with Gasteiger partial charge in [-0.25, -0.2) is 0 Å². The van der Waals surface area contributed by atoms with Gasteiger partial charge >= 0.3 is 0 Å². The standard InChI is InChI=1S/C11H17NO2S/c1-8-5-4-6-10(11(8)12)15(13)9(2)7-14-3/h4-6,9H,7,12H2,1-3H3. The van der Waals surface area contributed by atoms with Crippen molar-refractivity contribution in [2.75, 3.05) is 19.5 Å². The van der Waals surface area contributed by atoms with Crippen LogP contribution < -0.4 is 5.73 Å². The second kappa shape index (κ2) is 5.28. The van der Waals surface area contributed by atoms with Gasteiger partial charge in [0.2, 0.25) is 0 Å². The largest absolute Gasteiger partial charge is 0.398 e. The van der Waals surface area contributed by atoms with Crippen LogP contribution in [0.25, 0.3) is 0 Å². The van der Waals surface area contributed by atoms with Gasteiger partial charge < -0.3 is 10.5 Å². The second-order valence-corrected chi connectivity index (χ2v) is 5.39. The molecule has 0 fully saturated rings. The van der Waals surface area contributed by atoms with Crippen molar-refractivity contribution in [3.8, 4) is 0 Å².